The Morgan fingerprint density at radius 3 is 2.44 bits per heavy atom. The molecular weight excluding hydrogens is 340 g/mol. The third-order valence-corrected chi connectivity index (χ3v) is 4.60. The Balaban J connectivity index is 2.63. The number of nitrogens with one attached hydrogen (secondary N) is 2. The van der Waals surface area contributed by atoms with Crippen LogP contribution in [0.1, 0.15) is 39.2 Å². The number of hydrogen-bond donors (Lipinski definition) is 2. The summed E-state index contributed by atoms with van der Waals surface area (Å²) in [5.41, 5.74) is 5.05. The van der Waals surface area contributed by atoms with E-state index in [1.165, 1.54) is 7.11 Å². The number of allylic oxidation sites excluding steroid dienone is 3. The van der Waals surface area contributed by atoms with Crippen molar-refractivity contribution in [2.45, 2.75) is 33.6 Å². The summed E-state index contributed by atoms with van der Waals surface area (Å²) in [6.07, 6.45) is 0. The van der Waals surface area contributed by atoms with Crippen LogP contribution in [0.2, 0.25) is 0 Å². The first kappa shape index (κ1) is 20.6. The van der Waals surface area contributed by atoms with Gasteiger partial charge in [-0.15, -0.1) is 0 Å². The molecule has 1 aromatic rings. The molecule has 0 aliphatic carbocycles. The summed E-state index contributed by atoms with van der Waals surface area (Å²) >= 11 is 0. The Morgan fingerprint density at radius 2 is 1.85 bits per heavy atom. The molecular formula is C22H30N2O3. The zero-order valence-corrected chi connectivity index (χ0v) is 17.1. The van der Waals surface area contributed by atoms with Crippen molar-refractivity contribution in [1.29, 1.82) is 0 Å². The molecule has 1 unspecified atom stereocenters. The van der Waals surface area contributed by atoms with Crippen LogP contribution in [0, 0.1) is 5.92 Å². The molecule has 2 rings (SSSR count). The normalized spacial score (nSPS) is 16.9. The fourth-order valence-electron chi connectivity index (χ4n) is 3.38. The van der Waals surface area contributed by atoms with Gasteiger partial charge in [-0.05, 0) is 31.4 Å². The van der Waals surface area contributed by atoms with Crippen LogP contribution in [0.5, 0.6) is 0 Å². The molecule has 1 heterocycles. The smallest absolute Gasteiger partial charge is 0.336 e. The van der Waals surface area contributed by atoms with Crippen LogP contribution in [0.3, 0.4) is 0 Å². The number of esters is 1. The van der Waals surface area contributed by atoms with Crippen molar-refractivity contribution in [2.24, 2.45) is 5.92 Å². The molecule has 0 bridgehead atoms. The SMILES string of the molecule is C=C(OCC(C)C)C1=C(C)NC(C)=C(C(=O)OC)C1c1ccccc1NC. The molecule has 0 amide bonds. The summed E-state index contributed by atoms with van der Waals surface area (Å²) in [5.74, 6) is 0.248. The Kier molecular flexibility index (Phi) is 6.72. The van der Waals surface area contributed by atoms with Gasteiger partial charge in [-0.1, -0.05) is 38.6 Å². The molecule has 1 aromatic carbocycles. The van der Waals surface area contributed by atoms with Crippen molar-refractivity contribution in [3.8, 4) is 0 Å². The third kappa shape index (κ3) is 4.35. The van der Waals surface area contributed by atoms with Gasteiger partial charge in [-0.2, -0.15) is 0 Å². The second kappa shape index (κ2) is 8.80. The number of carbonyl (C=O) groups is 1. The van der Waals surface area contributed by atoms with Crippen LogP contribution in [-0.4, -0.2) is 26.7 Å². The second-order valence-corrected chi connectivity index (χ2v) is 7.09. The minimum absolute atomic E-state index is 0.331. The average molecular weight is 370 g/mol. The van der Waals surface area contributed by atoms with Gasteiger partial charge in [-0.3, -0.25) is 0 Å². The van der Waals surface area contributed by atoms with Crippen molar-refractivity contribution in [3.63, 3.8) is 0 Å². The first-order chi connectivity index (χ1) is 12.8. The molecule has 27 heavy (non-hydrogen) atoms. The van der Waals surface area contributed by atoms with E-state index >= 15 is 0 Å². The molecule has 0 saturated carbocycles. The standard InChI is InChI=1S/C22H30N2O3/c1-13(2)12-27-16(5)19-14(3)24-15(4)20(22(25)26-7)21(19)17-10-8-9-11-18(17)23-6/h8-11,13,21,23-24H,5,12H2,1-4,6-7H3. The van der Waals surface area contributed by atoms with Gasteiger partial charge in [-0.25, -0.2) is 4.79 Å². The molecule has 146 valence electrons. The molecule has 0 fully saturated rings. The van der Waals surface area contributed by atoms with Crippen LogP contribution >= 0.6 is 0 Å². The first-order valence-corrected chi connectivity index (χ1v) is 9.17. The number of para-hydroxylation sites is 1. The Morgan fingerprint density at radius 1 is 1.22 bits per heavy atom. The van der Waals surface area contributed by atoms with E-state index in [1.54, 1.807) is 0 Å². The fourth-order valence-corrected chi connectivity index (χ4v) is 3.38. The molecule has 5 heteroatoms. The monoisotopic (exact) mass is 370 g/mol. The third-order valence-electron chi connectivity index (χ3n) is 4.60. The van der Waals surface area contributed by atoms with Crippen LogP contribution in [0.15, 0.2) is 59.1 Å². The highest BCUT2D eigenvalue weighted by molar-refractivity contribution is 5.93. The van der Waals surface area contributed by atoms with Gasteiger partial charge in [0.25, 0.3) is 0 Å². The minimum atomic E-state index is -0.363. The summed E-state index contributed by atoms with van der Waals surface area (Å²) in [7, 11) is 3.27. The fraction of sp³-hybridized carbons (Fsp3) is 0.409. The number of ether oxygens (including phenoxy) is 2. The van der Waals surface area contributed by atoms with Crippen molar-refractivity contribution >= 4 is 11.7 Å². The molecule has 0 saturated heterocycles. The quantitative estimate of drug-likeness (QED) is 0.553. The maximum Gasteiger partial charge on any atom is 0.336 e. The number of methoxy groups -OCH3 is 1. The molecule has 1 aliphatic rings. The number of hydrogen-bond acceptors (Lipinski definition) is 5. The minimum Gasteiger partial charge on any atom is -0.494 e. The van der Waals surface area contributed by atoms with Crippen LogP contribution in [0.25, 0.3) is 0 Å². The predicted molar refractivity (Wildman–Crippen MR) is 109 cm³/mol. The number of dihydropyridines is 1. The number of benzene rings is 1. The lowest BCUT2D eigenvalue weighted by Crippen LogP contribution is -2.30. The van der Waals surface area contributed by atoms with E-state index in [9.17, 15) is 4.79 Å². The van der Waals surface area contributed by atoms with Crippen LogP contribution in [-0.2, 0) is 14.3 Å². The Hall–Kier alpha value is -2.69. The summed E-state index contributed by atoms with van der Waals surface area (Å²) < 4.78 is 11.0. The molecule has 1 atom stereocenters. The average Bonchev–Trinajstić information content (AvgIpc) is 2.64. The van der Waals surface area contributed by atoms with Gasteiger partial charge in [0.1, 0.15) is 5.76 Å². The van der Waals surface area contributed by atoms with E-state index in [0.29, 0.717) is 23.9 Å². The topological polar surface area (TPSA) is 59.6 Å². The lowest BCUT2D eigenvalue weighted by molar-refractivity contribution is -0.136. The maximum atomic E-state index is 12.7. The van der Waals surface area contributed by atoms with Gasteiger partial charge in [0.05, 0.1) is 25.2 Å². The van der Waals surface area contributed by atoms with E-state index in [4.69, 9.17) is 9.47 Å². The van der Waals surface area contributed by atoms with Crippen LogP contribution < -0.4 is 10.6 Å². The van der Waals surface area contributed by atoms with Crippen molar-refractivity contribution in [3.05, 3.63) is 64.7 Å². The van der Waals surface area contributed by atoms with Gasteiger partial charge in [0.15, 0.2) is 0 Å². The van der Waals surface area contributed by atoms with E-state index in [2.05, 4.69) is 31.1 Å². The van der Waals surface area contributed by atoms with Crippen molar-refractivity contribution in [2.75, 3.05) is 26.1 Å². The molecule has 0 radical (unpaired) electrons. The lowest BCUT2D eigenvalue weighted by atomic mass is 9.79. The van der Waals surface area contributed by atoms with Gasteiger partial charge >= 0.3 is 5.97 Å². The van der Waals surface area contributed by atoms with Gasteiger partial charge < -0.3 is 20.1 Å². The molecule has 5 nitrogen and oxygen atoms in total. The van der Waals surface area contributed by atoms with E-state index in [1.807, 2.05) is 45.2 Å². The summed E-state index contributed by atoms with van der Waals surface area (Å²) in [6, 6.07) is 7.94. The summed E-state index contributed by atoms with van der Waals surface area (Å²) in [5, 5.41) is 6.52. The summed E-state index contributed by atoms with van der Waals surface area (Å²) in [4.78, 5) is 12.7. The zero-order chi connectivity index (χ0) is 20.1. The van der Waals surface area contributed by atoms with Crippen molar-refractivity contribution < 1.29 is 14.3 Å². The molecule has 1 aliphatic heterocycles. The Labute approximate surface area is 162 Å². The maximum absolute atomic E-state index is 12.7. The number of anilines is 1. The largest absolute Gasteiger partial charge is 0.494 e. The predicted octanol–water partition coefficient (Wildman–Crippen LogP) is 4.32. The summed E-state index contributed by atoms with van der Waals surface area (Å²) in [6.45, 7) is 12.8. The lowest BCUT2D eigenvalue weighted by Gasteiger charge is -2.33. The highest BCUT2D eigenvalue weighted by atomic mass is 16.5. The van der Waals surface area contributed by atoms with E-state index in [0.717, 1.165) is 28.2 Å². The van der Waals surface area contributed by atoms with Crippen LogP contribution in [0.4, 0.5) is 5.69 Å². The van der Waals surface area contributed by atoms with Gasteiger partial charge in [0, 0.05) is 29.7 Å². The number of rotatable bonds is 7. The van der Waals surface area contributed by atoms with E-state index < -0.39 is 0 Å². The van der Waals surface area contributed by atoms with E-state index in [-0.39, 0.29) is 11.9 Å². The first-order valence-electron chi connectivity index (χ1n) is 9.17. The highest BCUT2D eigenvalue weighted by Gasteiger charge is 2.36. The van der Waals surface area contributed by atoms with Gasteiger partial charge in [0.2, 0.25) is 0 Å². The number of carbonyl (C=O) groups excluding carboxylic acids is 1. The zero-order valence-electron chi connectivity index (χ0n) is 17.1. The Bertz CT molecular complexity index is 791. The molecule has 2 N–H and O–H groups in total. The highest BCUT2D eigenvalue weighted by Crippen LogP contribution is 2.44. The van der Waals surface area contributed by atoms with Crippen molar-refractivity contribution in [1.82, 2.24) is 5.32 Å². The second-order valence-electron chi connectivity index (χ2n) is 7.09. The molecule has 0 spiro atoms. The molecule has 0 aromatic heterocycles.